The predicted molar refractivity (Wildman–Crippen MR) is 161 cm³/mol. The molecule has 5 aliphatic carbocycles. The lowest BCUT2D eigenvalue weighted by molar-refractivity contribution is -0.232. The zero-order valence-electron chi connectivity index (χ0n) is 27.2. The van der Waals surface area contributed by atoms with Crippen LogP contribution in [0.5, 0.6) is 0 Å². The number of ether oxygens (including phenoxy) is 2. The lowest BCUT2D eigenvalue weighted by Crippen LogP contribution is -2.65. The molecule has 5 aliphatic rings. The largest absolute Gasteiger partial charge is 0.463 e. The third-order valence-corrected chi connectivity index (χ3v) is 13.6. The van der Waals surface area contributed by atoms with Crippen molar-refractivity contribution in [3.63, 3.8) is 0 Å². The molecule has 0 aromatic carbocycles. The number of allylic oxidation sites excluding steroid dienone is 3. The Morgan fingerprint density at radius 1 is 0.927 bits per heavy atom. The van der Waals surface area contributed by atoms with Crippen molar-refractivity contribution in [3.05, 3.63) is 23.3 Å². The normalized spacial score (nSPS) is 43.3. The second kappa shape index (κ2) is 10.1. The maximum absolute atomic E-state index is 13.7. The zero-order chi connectivity index (χ0) is 30.2. The molecule has 5 heteroatoms. The maximum atomic E-state index is 13.7. The van der Waals surface area contributed by atoms with Gasteiger partial charge >= 0.3 is 11.9 Å². The first kappa shape index (κ1) is 30.5. The summed E-state index contributed by atoms with van der Waals surface area (Å²) >= 11 is 0. The second-order valence-corrected chi connectivity index (χ2v) is 15.9. The highest BCUT2D eigenvalue weighted by molar-refractivity contribution is 6.01. The van der Waals surface area contributed by atoms with Gasteiger partial charge in [-0.2, -0.15) is 0 Å². The molecule has 0 heterocycles. The van der Waals surface area contributed by atoms with Crippen molar-refractivity contribution in [1.29, 1.82) is 0 Å². The Morgan fingerprint density at radius 2 is 1.63 bits per heavy atom. The van der Waals surface area contributed by atoms with Crippen molar-refractivity contribution in [1.82, 2.24) is 0 Å². The lowest BCUT2D eigenvalue weighted by atomic mass is 9.33. The van der Waals surface area contributed by atoms with Crippen LogP contribution in [0.4, 0.5) is 0 Å². The van der Waals surface area contributed by atoms with E-state index < -0.39 is 0 Å². The van der Waals surface area contributed by atoms with Crippen LogP contribution in [0, 0.1) is 50.7 Å². The summed E-state index contributed by atoms with van der Waals surface area (Å²) in [6.07, 6.45) is 12.7. The molecule has 0 amide bonds. The van der Waals surface area contributed by atoms with Gasteiger partial charge in [-0.1, -0.05) is 54.5 Å². The molecular weight excluding hydrogens is 512 g/mol. The summed E-state index contributed by atoms with van der Waals surface area (Å²) in [6, 6.07) is 0. The first-order chi connectivity index (χ1) is 19.1. The highest BCUT2D eigenvalue weighted by Gasteiger charge is 2.70. The summed E-state index contributed by atoms with van der Waals surface area (Å²) < 4.78 is 11.2. The fourth-order valence-electron chi connectivity index (χ4n) is 11.7. The molecule has 41 heavy (non-hydrogen) atoms. The molecule has 5 nitrogen and oxygen atoms in total. The average molecular weight is 567 g/mol. The molecule has 0 radical (unpaired) electrons. The van der Waals surface area contributed by atoms with Crippen LogP contribution in [0.3, 0.4) is 0 Å². The van der Waals surface area contributed by atoms with E-state index in [0.29, 0.717) is 30.8 Å². The van der Waals surface area contributed by atoms with E-state index in [0.717, 1.165) is 44.1 Å². The quantitative estimate of drug-likeness (QED) is 0.249. The van der Waals surface area contributed by atoms with Crippen LogP contribution in [0.15, 0.2) is 23.3 Å². The van der Waals surface area contributed by atoms with E-state index in [1.807, 2.05) is 6.92 Å². The first-order valence-corrected chi connectivity index (χ1v) is 16.4. The first-order valence-electron chi connectivity index (χ1n) is 16.4. The van der Waals surface area contributed by atoms with Gasteiger partial charge < -0.3 is 9.47 Å². The summed E-state index contributed by atoms with van der Waals surface area (Å²) in [5.41, 5.74) is 2.42. The number of hydrogen-bond acceptors (Lipinski definition) is 5. The molecule has 4 fully saturated rings. The van der Waals surface area contributed by atoms with E-state index in [2.05, 4.69) is 54.5 Å². The van der Waals surface area contributed by atoms with Crippen LogP contribution < -0.4 is 0 Å². The van der Waals surface area contributed by atoms with E-state index in [1.165, 1.54) is 18.4 Å². The Morgan fingerprint density at radius 3 is 2.27 bits per heavy atom. The molecule has 0 N–H and O–H groups in total. The molecule has 4 saturated carbocycles. The van der Waals surface area contributed by atoms with E-state index in [1.54, 1.807) is 13.0 Å². The van der Waals surface area contributed by atoms with Crippen LogP contribution in [0.2, 0.25) is 0 Å². The van der Waals surface area contributed by atoms with Gasteiger partial charge in [0.15, 0.2) is 5.78 Å². The minimum Gasteiger partial charge on any atom is -0.463 e. The standard InChI is InChI=1S/C36H54O5/c1-10-40-29(39)15-18-36-20-19-34(8)24(31(36)30(22(2)3)25(38)21-36)11-12-27-33(7)16-14-28(41-23(4)37)32(5,6)26(33)13-17-35(27,34)9/h15,18,22,24,26-28H,10-14,16-17,19-21H2,1-9H3/b18-15+/t24-,26+,27-,28+,33+,34-,35-,36+/m1/s1. The van der Waals surface area contributed by atoms with E-state index in [-0.39, 0.29) is 56.8 Å². The van der Waals surface area contributed by atoms with Gasteiger partial charge in [-0.05, 0) is 109 Å². The van der Waals surface area contributed by atoms with Gasteiger partial charge in [0.25, 0.3) is 0 Å². The fourth-order valence-corrected chi connectivity index (χ4v) is 11.7. The Balaban J connectivity index is 1.54. The number of carbonyl (C=O) groups excluding carboxylic acids is 3. The fraction of sp³-hybridized carbons (Fsp3) is 0.806. The van der Waals surface area contributed by atoms with Crippen LogP contribution in [0.25, 0.3) is 0 Å². The zero-order valence-corrected chi connectivity index (χ0v) is 27.2. The van der Waals surface area contributed by atoms with Gasteiger partial charge in [0.1, 0.15) is 6.10 Å². The molecule has 5 rings (SSSR count). The van der Waals surface area contributed by atoms with Gasteiger partial charge in [-0.15, -0.1) is 0 Å². The number of rotatable bonds is 5. The minimum absolute atomic E-state index is 0.0147. The van der Waals surface area contributed by atoms with Gasteiger partial charge in [0.2, 0.25) is 0 Å². The highest BCUT2D eigenvalue weighted by atomic mass is 16.5. The molecule has 0 unspecified atom stereocenters. The van der Waals surface area contributed by atoms with Gasteiger partial charge in [-0.25, -0.2) is 4.79 Å². The lowest BCUT2D eigenvalue weighted by Gasteiger charge is -2.72. The van der Waals surface area contributed by atoms with Crippen molar-refractivity contribution >= 4 is 17.7 Å². The van der Waals surface area contributed by atoms with Gasteiger partial charge in [0.05, 0.1) is 6.61 Å². The molecule has 0 spiro atoms. The SMILES string of the molecule is CCOC(=O)/C=C/[C@@]12CC[C@]3(C)[C@H](CC[C@@H]4[C@@]5(C)CC[C@H](OC(C)=O)C(C)(C)[C@@H]5CC[C@]43C)C1=C(C(C)C)C(=O)C2. The van der Waals surface area contributed by atoms with Crippen LogP contribution in [0.1, 0.15) is 120 Å². The Labute approximate surface area is 248 Å². The van der Waals surface area contributed by atoms with Gasteiger partial charge in [-0.3, -0.25) is 9.59 Å². The number of Topliss-reactive ketones (excluding diaryl/α,β-unsaturated/α-hetero) is 1. The van der Waals surface area contributed by atoms with Crippen molar-refractivity contribution in [3.8, 4) is 0 Å². The number of esters is 2. The smallest absolute Gasteiger partial charge is 0.330 e. The van der Waals surface area contributed by atoms with Crippen LogP contribution in [-0.2, 0) is 23.9 Å². The Bertz CT molecular complexity index is 1180. The summed E-state index contributed by atoms with van der Waals surface area (Å²) in [4.78, 5) is 38.1. The van der Waals surface area contributed by atoms with Gasteiger partial charge in [0, 0.05) is 30.3 Å². The Hall–Kier alpha value is -1.91. The second-order valence-electron chi connectivity index (χ2n) is 15.9. The highest BCUT2D eigenvalue weighted by Crippen LogP contribution is 2.76. The third kappa shape index (κ3) is 4.33. The van der Waals surface area contributed by atoms with Crippen molar-refractivity contribution in [2.75, 3.05) is 6.61 Å². The molecule has 0 aromatic heterocycles. The summed E-state index contributed by atoms with van der Waals surface area (Å²) in [6.45, 7) is 20.4. The topological polar surface area (TPSA) is 69.7 Å². The number of fused-ring (bicyclic) bond motifs is 7. The van der Waals surface area contributed by atoms with E-state index in [4.69, 9.17) is 9.47 Å². The minimum atomic E-state index is -0.359. The summed E-state index contributed by atoms with van der Waals surface area (Å²) in [5.74, 6) is 1.43. The molecule has 8 atom stereocenters. The average Bonchev–Trinajstić information content (AvgIpc) is 3.17. The Kier molecular flexibility index (Phi) is 7.51. The monoisotopic (exact) mass is 566 g/mol. The number of hydrogen-bond donors (Lipinski definition) is 0. The van der Waals surface area contributed by atoms with Crippen molar-refractivity contribution in [2.24, 2.45) is 50.7 Å². The van der Waals surface area contributed by atoms with Crippen molar-refractivity contribution < 1.29 is 23.9 Å². The maximum Gasteiger partial charge on any atom is 0.330 e. The van der Waals surface area contributed by atoms with E-state index >= 15 is 0 Å². The van der Waals surface area contributed by atoms with Crippen LogP contribution >= 0.6 is 0 Å². The van der Waals surface area contributed by atoms with Crippen LogP contribution in [-0.4, -0.2) is 30.4 Å². The number of carbonyl (C=O) groups is 3. The molecule has 228 valence electrons. The molecule has 0 aliphatic heterocycles. The van der Waals surface area contributed by atoms with Crippen molar-refractivity contribution in [2.45, 2.75) is 126 Å². The third-order valence-electron chi connectivity index (χ3n) is 13.6. The van der Waals surface area contributed by atoms with E-state index in [9.17, 15) is 14.4 Å². The summed E-state index contributed by atoms with van der Waals surface area (Å²) in [5, 5.41) is 0. The molecule has 0 bridgehead atoms. The molecule has 0 saturated heterocycles. The number of ketones is 1. The predicted octanol–water partition coefficient (Wildman–Crippen LogP) is 8.02. The summed E-state index contributed by atoms with van der Waals surface area (Å²) in [7, 11) is 0. The molecule has 0 aromatic rings. The molecular formula is C36H54O5.